The van der Waals surface area contributed by atoms with Crippen molar-refractivity contribution in [2.75, 3.05) is 5.73 Å². The Morgan fingerprint density at radius 2 is 1.75 bits per heavy atom. The number of nitrogens with two attached hydrogens (primary N) is 1. The molecule has 0 saturated heterocycles. The molecule has 2 aromatic rings. The summed E-state index contributed by atoms with van der Waals surface area (Å²) in [5.74, 6) is 0. The molecule has 0 unspecified atom stereocenters. The molecule has 0 aliphatic carbocycles. The maximum absolute atomic E-state index is 12.3. The van der Waals surface area contributed by atoms with Crippen molar-refractivity contribution in [3.05, 3.63) is 35.2 Å². The Hall–Kier alpha value is -1.56. The van der Waals surface area contributed by atoms with E-state index in [9.17, 15) is 13.2 Å². The second kappa shape index (κ2) is 3.79. The average molecular weight is 244 g/mol. The lowest BCUT2D eigenvalue weighted by atomic mass is 10.1. The Kier molecular flexibility index (Phi) is 2.59. The van der Waals surface area contributed by atoms with Crippen molar-refractivity contribution in [3.8, 4) is 11.3 Å². The van der Waals surface area contributed by atoms with Crippen LogP contribution in [0.2, 0.25) is 0 Å². The minimum atomic E-state index is -4.33. The van der Waals surface area contributed by atoms with Gasteiger partial charge in [-0.2, -0.15) is 17.5 Å². The van der Waals surface area contributed by atoms with Crippen LogP contribution >= 0.6 is 11.5 Å². The Balaban J connectivity index is 2.35. The van der Waals surface area contributed by atoms with Gasteiger partial charge >= 0.3 is 6.18 Å². The van der Waals surface area contributed by atoms with Crippen LogP contribution in [0.1, 0.15) is 4.88 Å². The van der Waals surface area contributed by atoms with E-state index in [-0.39, 0.29) is 0 Å². The first-order valence-electron chi connectivity index (χ1n) is 4.36. The first kappa shape index (κ1) is 10.9. The summed E-state index contributed by atoms with van der Waals surface area (Å²) in [6.07, 6.45) is -4.33. The maximum Gasteiger partial charge on any atom is 0.427 e. The highest BCUT2D eigenvalue weighted by Gasteiger charge is 2.33. The standard InChI is InChI=1S/C10H7F3N2S/c11-10(12,13)9-5-8(15-16-9)6-1-3-7(14)4-2-6/h1-5H,14H2. The van der Waals surface area contributed by atoms with Gasteiger partial charge < -0.3 is 5.73 Å². The molecule has 0 aliphatic rings. The maximum atomic E-state index is 12.3. The van der Waals surface area contributed by atoms with Crippen molar-refractivity contribution < 1.29 is 13.2 Å². The fourth-order valence-corrected chi connectivity index (χ4v) is 1.82. The Morgan fingerprint density at radius 3 is 2.25 bits per heavy atom. The Labute approximate surface area is 93.7 Å². The third kappa shape index (κ3) is 2.16. The fraction of sp³-hybridized carbons (Fsp3) is 0.100. The summed E-state index contributed by atoms with van der Waals surface area (Å²) < 4.78 is 40.8. The summed E-state index contributed by atoms with van der Waals surface area (Å²) in [5, 5.41) is 0. The topological polar surface area (TPSA) is 38.9 Å². The van der Waals surface area contributed by atoms with E-state index in [1.807, 2.05) is 0 Å². The van der Waals surface area contributed by atoms with E-state index >= 15 is 0 Å². The molecular formula is C10H7F3N2S. The molecule has 2 rings (SSSR count). The average Bonchev–Trinajstić information content (AvgIpc) is 2.67. The molecule has 0 aliphatic heterocycles. The zero-order valence-electron chi connectivity index (χ0n) is 7.95. The largest absolute Gasteiger partial charge is 0.427 e. The third-order valence-electron chi connectivity index (χ3n) is 2.00. The smallest absolute Gasteiger partial charge is 0.399 e. The molecule has 0 spiro atoms. The van der Waals surface area contributed by atoms with Crippen molar-refractivity contribution in [2.24, 2.45) is 0 Å². The summed E-state index contributed by atoms with van der Waals surface area (Å²) in [4.78, 5) is -0.695. The van der Waals surface area contributed by atoms with Gasteiger partial charge in [0.05, 0.1) is 5.69 Å². The van der Waals surface area contributed by atoms with Gasteiger partial charge in [0.15, 0.2) is 0 Å². The van der Waals surface area contributed by atoms with E-state index in [0.29, 0.717) is 28.5 Å². The molecule has 2 N–H and O–H groups in total. The minimum absolute atomic E-state index is 0.317. The highest BCUT2D eigenvalue weighted by atomic mass is 32.1. The second-order valence-electron chi connectivity index (χ2n) is 3.20. The normalized spacial score (nSPS) is 11.7. The van der Waals surface area contributed by atoms with Crippen molar-refractivity contribution in [1.29, 1.82) is 0 Å². The molecule has 2 nitrogen and oxygen atoms in total. The SMILES string of the molecule is Nc1ccc(-c2cc(C(F)(F)F)sn2)cc1. The summed E-state index contributed by atoms with van der Waals surface area (Å²) in [6.45, 7) is 0. The van der Waals surface area contributed by atoms with Crippen LogP contribution in [0.15, 0.2) is 30.3 Å². The van der Waals surface area contributed by atoms with Crippen LogP contribution in [0, 0.1) is 0 Å². The number of nitrogens with zero attached hydrogens (tertiary/aromatic N) is 1. The zero-order valence-corrected chi connectivity index (χ0v) is 8.77. The molecule has 1 aromatic carbocycles. The summed E-state index contributed by atoms with van der Waals surface area (Å²) >= 11 is 0.449. The quantitative estimate of drug-likeness (QED) is 0.781. The number of halogens is 3. The third-order valence-corrected chi connectivity index (χ3v) is 2.83. The number of nitrogen functional groups attached to an aromatic ring is 1. The Morgan fingerprint density at radius 1 is 1.12 bits per heavy atom. The molecule has 0 radical (unpaired) electrons. The van der Waals surface area contributed by atoms with Crippen molar-refractivity contribution in [3.63, 3.8) is 0 Å². The number of aromatic nitrogens is 1. The van der Waals surface area contributed by atoms with Crippen molar-refractivity contribution in [2.45, 2.75) is 6.18 Å². The number of anilines is 1. The minimum Gasteiger partial charge on any atom is -0.399 e. The van der Waals surface area contributed by atoms with E-state index in [2.05, 4.69) is 4.37 Å². The predicted octanol–water partition coefficient (Wildman–Crippen LogP) is 3.41. The molecule has 0 bridgehead atoms. The van der Waals surface area contributed by atoms with Gasteiger partial charge in [-0.15, -0.1) is 0 Å². The molecule has 1 heterocycles. The number of rotatable bonds is 1. The van der Waals surface area contributed by atoms with Crippen molar-refractivity contribution >= 4 is 17.2 Å². The lowest BCUT2D eigenvalue weighted by molar-refractivity contribution is -0.134. The molecule has 6 heteroatoms. The van der Waals surface area contributed by atoms with E-state index < -0.39 is 11.1 Å². The van der Waals surface area contributed by atoms with Crippen LogP contribution < -0.4 is 5.73 Å². The number of hydrogen-bond donors (Lipinski definition) is 1. The molecule has 84 valence electrons. The number of hydrogen-bond acceptors (Lipinski definition) is 3. The second-order valence-corrected chi connectivity index (χ2v) is 4.00. The van der Waals surface area contributed by atoms with Crippen LogP contribution in [0.3, 0.4) is 0 Å². The van der Waals surface area contributed by atoms with Gasteiger partial charge in [0.25, 0.3) is 0 Å². The molecule has 0 atom stereocenters. The van der Waals surface area contributed by atoms with Gasteiger partial charge in [0.1, 0.15) is 4.88 Å². The number of alkyl halides is 3. The summed E-state index contributed by atoms with van der Waals surface area (Å²) in [7, 11) is 0. The van der Waals surface area contributed by atoms with Crippen molar-refractivity contribution in [1.82, 2.24) is 4.37 Å². The predicted molar refractivity (Wildman–Crippen MR) is 57.0 cm³/mol. The molecule has 0 saturated carbocycles. The van der Waals surface area contributed by atoms with Crippen LogP contribution in [-0.4, -0.2) is 4.37 Å². The highest BCUT2D eigenvalue weighted by Crippen LogP contribution is 2.35. The molecule has 1 aromatic heterocycles. The monoisotopic (exact) mass is 244 g/mol. The van der Waals surface area contributed by atoms with Gasteiger partial charge in [-0.1, -0.05) is 12.1 Å². The fourth-order valence-electron chi connectivity index (χ4n) is 1.20. The van der Waals surface area contributed by atoms with E-state index in [1.54, 1.807) is 24.3 Å². The molecular weight excluding hydrogens is 237 g/mol. The van der Waals surface area contributed by atoms with Crippen LogP contribution in [0.25, 0.3) is 11.3 Å². The van der Waals surface area contributed by atoms with Crippen LogP contribution in [0.5, 0.6) is 0 Å². The van der Waals surface area contributed by atoms with E-state index in [0.717, 1.165) is 6.07 Å². The van der Waals surface area contributed by atoms with Gasteiger partial charge in [0.2, 0.25) is 0 Å². The van der Waals surface area contributed by atoms with Gasteiger partial charge in [-0.25, -0.2) is 0 Å². The molecule has 16 heavy (non-hydrogen) atoms. The van der Waals surface area contributed by atoms with Gasteiger partial charge in [-0.05, 0) is 29.7 Å². The van der Waals surface area contributed by atoms with Crippen LogP contribution in [-0.2, 0) is 6.18 Å². The first-order valence-corrected chi connectivity index (χ1v) is 5.14. The summed E-state index contributed by atoms with van der Waals surface area (Å²) in [6, 6.07) is 7.58. The van der Waals surface area contributed by atoms with E-state index in [1.165, 1.54) is 0 Å². The van der Waals surface area contributed by atoms with Crippen LogP contribution in [0.4, 0.5) is 18.9 Å². The van der Waals surface area contributed by atoms with Gasteiger partial charge in [0, 0.05) is 11.3 Å². The van der Waals surface area contributed by atoms with E-state index in [4.69, 9.17) is 5.73 Å². The number of benzene rings is 1. The lowest BCUT2D eigenvalue weighted by Crippen LogP contribution is -2.00. The molecule has 0 amide bonds. The molecule has 0 fully saturated rings. The highest BCUT2D eigenvalue weighted by molar-refractivity contribution is 7.06. The Bertz CT molecular complexity index is 488. The lowest BCUT2D eigenvalue weighted by Gasteiger charge is -1.99. The summed E-state index contributed by atoms with van der Waals surface area (Å²) in [5.41, 5.74) is 6.99. The first-order chi connectivity index (χ1) is 7.47. The zero-order chi connectivity index (χ0) is 11.8. The van der Waals surface area contributed by atoms with Gasteiger partial charge in [-0.3, -0.25) is 0 Å².